The van der Waals surface area contributed by atoms with Gasteiger partial charge in [0, 0.05) is 42.9 Å². The van der Waals surface area contributed by atoms with Gasteiger partial charge in [-0.15, -0.1) is 0 Å². The number of hydrogen-bond acceptors (Lipinski definition) is 3. The van der Waals surface area contributed by atoms with Gasteiger partial charge >= 0.3 is 6.03 Å². The van der Waals surface area contributed by atoms with Gasteiger partial charge in [-0.2, -0.15) is 0 Å². The summed E-state index contributed by atoms with van der Waals surface area (Å²) >= 11 is 0. The SMILES string of the molecule is COc1ccc(C2(CNC(=O)N3CC(c4ccccn4)C3)CCCC2)cc1. The fourth-order valence-corrected chi connectivity index (χ4v) is 4.37. The second kappa shape index (κ2) is 7.59. The highest BCUT2D eigenvalue weighted by Gasteiger charge is 2.38. The van der Waals surface area contributed by atoms with E-state index in [9.17, 15) is 4.79 Å². The number of hydrogen-bond donors (Lipinski definition) is 1. The molecule has 5 nitrogen and oxygen atoms in total. The fraction of sp³-hybridized carbons (Fsp3) is 0.455. The first-order valence-corrected chi connectivity index (χ1v) is 9.78. The molecule has 2 fully saturated rings. The number of nitrogens with zero attached hydrogens (tertiary/aromatic N) is 2. The third-order valence-corrected chi connectivity index (χ3v) is 6.12. The Morgan fingerprint density at radius 3 is 2.56 bits per heavy atom. The Bertz CT molecular complexity index is 764. The predicted octanol–water partition coefficient (Wildman–Crippen LogP) is 3.71. The minimum atomic E-state index is 0.0435. The number of methoxy groups -OCH3 is 1. The zero-order chi connectivity index (χ0) is 18.7. The zero-order valence-corrected chi connectivity index (χ0v) is 15.9. The summed E-state index contributed by atoms with van der Waals surface area (Å²) in [7, 11) is 1.69. The highest BCUT2D eigenvalue weighted by molar-refractivity contribution is 5.75. The number of urea groups is 1. The Morgan fingerprint density at radius 1 is 1.19 bits per heavy atom. The van der Waals surface area contributed by atoms with Crippen molar-refractivity contribution >= 4 is 6.03 Å². The van der Waals surface area contributed by atoms with Crippen LogP contribution in [-0.4, -0.2) is 42.7 Å². The fourth-order valence-electron chi connectivity index (χ4n) is 4.37. The van der Waals surface area contributed by atoms with Crippen molar-refractivity contribution in [3.63, 3.8) is 0 Å². The molecular weight excluding hydrogens is 338 g/mol. The molecule has 1 aromatic heterocycles. The van der Waals surface area contributed by atoms with E-state index >= 15 is 0 Å². The van der Waals surface area contributed by atoms with Crippen molar-refractivity contribution < 1.29 is 9.53 Å². The first-order chi connectivity index (χ1) is 13.2. The summed E-state index contributed by atoms with van der Waals surface area (Å²) in [5.74, 6) is 1.23. The van der Waals surface area contributed by atoms with E-state index in [4.69, 9.17) is 4.74 Å². The molecule has 27 heavy (non-hydrogen) atoms. The van der Waals surface area contributed by atoms with Crippen molar-refractivity contribution in [2.24, 2.45) is 0 Å². The van der Waals surface area contributed by atoms with E-state index in [-0.39, 0.29) is 11.4 Å². The first-order valence-electron chi connectivity index (χ1n) is 9.78. The maximum Gasteiger partial charge on any atom is 0.317 e. The highest BCUT2D eigenvalue weighted by Crippen LogP contribution is 2.41. The van der Waals surface area contributed by atoms with Crippen LogP contribution in [0.2, 0.25) is 0 Å². The number of rotatable bonds is 5. The molecule has 1 aliphatic carbocycles. The van der Waals surface area contributed by atoms with E-state index < -0.39 is 0 Å². The average molecular weight is 365 g/mol. The third-order valence-electron chi connectivity index (χ3n) is 6.12. The van der Waals surface area contributed by atoms with Crippen LogP contribution in [0.1, 0.15) is 42.9 Å². The number of amides is 2. The molecule has 0 spiro atoms. The lowest BCUT2D eigenvalue weighted by Gasteiger charge is -2.40. The highest BCUT2D eigenvalue weighted by atomic mass is 16.5. The van der Waals surface area contributed by atoms with Crippen molar-refractivity contribution in [2.45, 2.75) is 37.0 Å². The van der Waals surface area contributed by atoms with Gasteiger partial charge in [0.25, 0.3) is 0 Å². The van der Waals surface area contributed by atoms with Crippen LogP contribution in [-0.2, 0) is 5.41 Å². The largest absolute Gasteiger partial charge is 0.497 e. The van der Waals surface area contributed by atoms with Crippen LogP contribution in [0.4, 0.5) is 4.79 Å². The van der Waals surface area contributed by atoms with Gasteiger partial charge in [-0.1, -0.05) is 31.0 Å². The van der Waals surface area contributed by atoms with Crippen molar-refractivity contribution in [3.8, 4) is 5.75 Å². The summed E-state index contributed by atoms with van der Waals surface area (Å²) in [5.41, 5.74) is 2.43. The number of carbonyl (C=O) groups excluding carboxylic acids is 1. The van der Waals surface area contributed by atoms with Crippen LogP contribution >= 0.6 is 0 Å². The summed E-state index contributed by atoms with van der Waals surface area (Å²) in [4.78, 5) is 18.9. The maximum atomic E-state index is 12.6. The van der Waals surface area contributed by atoms with Gasteiger partial charge < -0.3 is 15.0 Å². The summed E-state index contributed by atoms with van der Waals surface area (Å²) in [6, 6.07) is 14.3. The first kappa shape index (κ1) is 17.8. The molecular formula is C22H27N3O2. The van der Waals surface area contributed by atoms with E-state index in [0.717, 1.165) is 37.4 Å². The third kappa shape index (κ3) is 3.64. The molecule has 1 N–H and O–H groups in total. The quantitative estimate of drug-likeness (QED) is 0.879. The maximum absolute atomic E-state index is 12.6. The molecule has 1 saturated carbocycles. The molecule has 2 heterocycles. The standard InChI is InChI=1S/C22H27N3O2/c1-27-19-9-7-18(8-10-19)22(11-3-4-12-22)16-24-21(26)25-14-17(15-25)20-6-2-5-13-23-20/h2,5-10,13,17H,3-4,11-12,14-16H2,1H3,(H,24,26). The van der Waals surface area contributed by atoms with Crippen LogP contribution < -0.4 is 10.1 Å². The van der Waals surface area contributed by atoms with E-state index in [1.807, 2.05) is 41.4 Å². The number of nitrogens with one attached hydrogen (secondary N) is 1. The van der Waals surface area contributed by atoms with Gasteiger partial charge in [-0.25, -0.2) is 4.79 Å². The summed E-state index contributed by atoms with van der Waals surface area (Å²) in [6.45, 7) is 2.19. The van der Waals surface area contributed by atoms with E-state index in [2.05, 4.69) is 22.4 Å². The van der Waals surface area contributed by atoms with E-state index in [0.29, 0.717) is 12.5 Å². The van der Waals surface area contributed by atoms with Gasteiger partial charge in [-0.05, 0) is 42.7 Å². The normalized spacial score (nSPS) is 18.8. The number of aromatic nitrogens is 1. The Hall–Kier alpha value is -2.56. The zero-order valence-electron chi connectivity index (χ0n) is 15.9. The average Bonchev–Trinajstić information content (AvgIpc) is 3.16. The predicted molar refractivity (Wildman–Crippen MR) is 105 cm³/mol. The van der Waals surface area contributed by atoms with Crippen LogP contribution in [0, 0.1) is 0 Å². The van der Waals surface area contributed by atoms with Crippen molar-refractivity contribution in [2.75, 3.05) is 26.7 Å². The molecule has 4 rings (SSSR count). The van der Waals surface area contributed by atoms with Crippen LogP contribution in [0.25, 0.3) is 0 Å². The summed E-state index contributed by atoms with van der Waals surface area (Å²) in [6.07, 6.45) is 6.49. The second-order valence-corrected chi connectivity index (χ2v) is 7.73. The minimum Gasteiger partial charge on any atom is -0.497 e. The van der Waals surface area contributed by atoms with Gasteiger partial charge in [0.15, 0.2) is 0 Å². The number of carbonyl (C=O) groups is 1. The van der Waals surface area contributed by atoms with Gasteiger partial charge in [-0.3, -0.25) is 4.98 Å². The molecule has 1 aliphatic heterocycles. The molecule has 2 aromatic rings. The smallest absolute Gasteiger partial charge is 0.317 e. The molecule has 2 aliphatic rings. The lowest BCUT2D eigenvalue weighted by Crippen LogP contribution is -2.54. The van der Waals surface area contributed by atoms with Crippen LogP contribution in [0.5, 0.6) is 5.75 Å². The van der Waals surface area contributed by atoms with E-state index in [1.165, 1.54) is 18.4 Å². The van der Waals surface area contributed by atoms with Gasteiger partial charge in [0.2, 0.25) is 0 Å². The molecule has 0 bridgehead atoms. The molecule has 0 radical (unpaired) electrons. The van der Waals surface area contributed by atoms with Crippen LogP contribution in [0.15, 0.2) is 48.7 Å². The van der Waals surface area contributed by atoms with Gasteiger partial charge in [0.1, 0.15) is 5.75 Å². The monoisotopic (exact) mass is 365 g/mol. The lowest BCUT2D eigenvalue weighted by molar-refractivity contribution is 0.147. The molecule has 5 heteroatoms. The van der Waals surface area contributed by atoms with Crippen molar-refractivity contribution in [3.05, 3.63) is 59.9 Å². The molecule has 1 aromatic carbocycles. The molecule has 0 unspecified atom stereocenters. The number of benzene rings is 1. The Labute approximate surface area is 160 Å². The Balaban J connectivity index is 1.35. The molecule has 0 atom stereocenters. The van der Waals surface area contributed by atoms with E-state index in [1.54, 1.807) is 7.11 Å². The topological polar surface area (TPSA) is 54.5 Å². The summed E-state index contributed by atoms with van der Waals surface area (Å²) in [5, 5.41) is 3.20. The minimum absolute atomic E-state index is 0.0435. The lowest BCUT2D eigenvalue weighted by atomic mass is 9.79. The van der Waals surface area contributed by atoms with Gasteiger partial charge in [0.05, 0.1) is 7.11 Å². The molecule has 2 amide bonds. The number of pyridine rings is 1. The Kier molecular flexibility index (Phi) is 5.01. The number of likely N-dealkylation sites (tertiary alicyclic amines) is 1. The molecule has 1 saturated heterocycles. The van der Waals surface area contributed by atoms with Crippen LogP contribution in [0.3, 0.4) is 0 Å². The number of ether oxygens (including phenoxy) is 1. The summed E-state index contributed by atoms with van der Waals surface area (Å²) < 4.78 is 5.28. The Morgan fingerprint density at radius 2 is 1.93 bits per heavy atom. The van der Waals surface area contributed by atoms with Crippen molar-refractivity contribution in [1.29, 1.82) is 0 Å². The van der Waals surface area contributed by atoms with Crippen molar-refractivity contribution in [1.82, 2.24) is 15.2 Å². The molecule has 142 valence electrons. The second-order valence-electron chi connectivity index (χ2n) is 7.73.